The molecule has 4 heterocycles. The summed E-state index contributed by atoms with van der Waals surface area (Å²) in [5.41, 5.74) is 27.2. The van der Waals surface area contributed by atoms with E-state index in [9.17, 15) is 0 Å². The Morgan fingerprint density at radius 1 is 0.559 bits per heavy atom. The molecule has 330 valence electrons. The summed E-state index contributed by atoms with van der Waals surface area (Å²) in [6.45, 7) is 23.7. The SMILES string of the molecule is CC(C)(C)c1ccc(N2B3c4cc5nc(-c6ccccc6)sc5cc4-n4c5ccc(C(C)(C)C)cc5c5c6c(c(c3c54)-c3cc4c(cc32)C(C)(C)c2ccccc2-4)-c2ccccc2C6(C)C)cc1. The molecule has 10 aromatic rings. The van der Waals surface area contributed by atoms with E-state index in [-0.39, 0.29) is 28.5 Å². The van der Waals surface area contributed by atoms with Gasteiger partial charge in [-0.05, 0) is 131 Å². The highest BCUT2D eigenvalue weighted by molar-refractivity contribution is 7.21. The maximum absolute atomic E-state index is 5.46. The zero-order valence-corrected chi connectivity index (χ0v) is 41.5. The van der Waals surface area contributed by atoms with Crippen LogP contribution in [0.5, 0.6) is 0 Å². The number of rotatable bonds is 2. The van der Waals surface area contributed by atoms with Gasteiger partial charge in [0.2, 0.25) is 0 Å². The molecule has 3 nitrogen and oxygen atoms in total. The highest BCUT2D eigenvalue weighted by atomic mass is 32.1. The summed E-state index contributed by atoms with van der Waals surface area (Å²) in [6, 6.07) is 56.3. The van der Waals surface area contributed by atoms with Crippen LogP contribution in [0.4, 0.5) is 11.4 Å². The van der Waals surface area contributed by atoms with Crippen LogP contribution >= 0.6 is 11.3 Å². The van der Waals surface area contributed by atoms with Crippen LogP contribution in [0, 0.1) is 0 Å². The number of anilines is 2. The maximum atomic E-state index is 5.46. The average Bonchev–Trinajstić information content (AvgIpc) is 4.02. The second-order valence-corrected chi connectivity index (χ2v) is 24.2. The van der Waals surface area contributed by atoms with Crippen LogP contribution < -0.4 is 15.7 Å². The van der Waals surface area contributed by atoms with Crippen LogP contribution in [0.15, 0.2) is 146 Å². The van der Waals surface area contributed by atoms with E-state index in [1.54, 1.807) is 11.3 Å². The normalized spacial score (nSPS) is 15.7. The van der Waals surface area contributed by atoms with Gasteiger partial charge in [-0.25, -0.2) is 4.98 Å². The lowest BCUT2D eigenvalue weighted by molar-refractivity contribution is 0.590. The third-order valence-electron chi connectivity index (χ3n) is 16.5. The fraction of sp³-hybridized carbons (Fsp3) is 0.222. The number of fused-ring (bicyclic) bond motifs is 17. The number of hydrogen-bond donors (Lipinski definition) is 0. The average molecular weight is 896 g/mol. The fourth-order valence-electron chi connectivity index (χ4n) is 13.0. The monoisotopic (exact) mass is 895 g/mol. The molecule has 4 aliphatic rings. The van der Waals surface area contributed by atoms with Crippen LogP contribution in [0.2, 0.25) is 0 Å². The number of nitrogens with zero attached hydrogens (tertiary/aromatic N) is 3. The Kier molecular flexibility index (Phi) is 7.78. The molecule has 2 aliphatic carbocycles. The van der Waals surface area contributed by atoms with Gasteiger partial charge in [-0.1, -0.05) is 166 Å². The van der Waals surface area contributed by atoms with Crippen LogP contribution in [-0.4, -0.2) is 16.4 Å². The van der Waals surface area contributed by atoms with Crippen molar-refractivity contribution >= 4 is 72.5 Å². The summed E-state index contributed by atoms with van der Waals surface area (Å²) in [5.74, 6) is 0. The first-order valence-electron chi connectivity index (χ1n) is 24.5. The Morgan fingerprint density at radius 2 is 1.22 bits per heavy atom. The minimum Gasteiger partial charge on any atom is -0.376 e. The third kappa shape index (κ3) is 5.13. The molecule has 0 saturated carbocycles. The van der Waals surface area contributed by atoms with Crippen molar-refractivity contribution < 1.29 is 0 Å². The van der Waals surface area contributed by atoms with Gasteiger partial charge in [0.1, 0.15) is 5.01 Å². The van der Waals surface area contributed by atoms with Crippen molar-refractivity contribution in [2.45, 2.75) is 90.9 Å². The van der Waals surface area contributed by atoms with Crippen LogP contribution in [0.25, 0.3) is 81.7 Å². The van der Waals surface area contributed by atoms with E-state index in [0.717, 1.165) is 16.1 Å². The Labute approximate surface area is 404 Å². The molecule has 68 heavy (non-hydrogen) atoms. The zero-order valence-electron chi connectivity index (χ0n) is 40.7. The van der Waals surface area contributed by atoms with Crippen molar-refractivity contribution in [1.82, 2.24) is 9.55 Å². The molecule has 5 heteroatoms. The lowest BCUT2D eigenvalue weighted by Crippen LogP contribution is -2.60. The summed E-state index contributed by atoms with van der Waals surface area (Å²) in [5, 5.41) is 3.78. The number of hydrogen-bond acceptors (Lipinski definition) is 3. The van der Waals surface area contributed by atoms with Crippen LogP contribution in [0.3, 0.4) is 0 Å². The van der Waals surface area contributed by atoms with Crippen molar-refractivity contribution in [1.29, 1.82) is 0 Å². The van der Waals surface area contributed by atoms with E-state index in [1.807, 2.05) is 0 Å². The molecule has 0 bridgehead atoms. The van der Waals surface area contributed by atoms with Gasteiger partial charge in [0.15, 0.2) is 0 Å². The number of benzene rings is 8. The lowest BCUT2D eigenvalue weighted by Gasteiger charge is -2.43. The lowest BCUT2D eigenvalue weighted by atomic mass is 9.43. The molecule has 2 aliphatic heterocycles. The topological polar surface area (TPSA) is 21.1 Å². The molecular formula is C63H54BN3S. The van der Waals surface area contributed by atoms with E-state index in [1.165, 1.54) is 121 Å². The maximum Gasteiger partial charge on any atom is 0.333 e. The van der Waals surface area contributed by atoms with E-state index >= 15 is 0 Å². The van der Waals surface area contributed by atoms with Gasteiger partial charge < -0.3 is 9.38 Å². The minimum atomic E-state index is -0.259. The fourth-order valence-corrected chi connectivity index (χ4v) is 14.0. The van der Waals surface area contributed by atoms with Gasteiger partial charge in [-0.2, -0.15) is 0 Å². The standard InChI is InChI=1S/C63H54BN3S/c1-60(2,3)36-24-27-38(28-25-36)67-50-32-46-41(39-20-14-16-22-44(39)62(46,7)8)31-43(50)54-53-40-21-15-17-23-45(40)63(9,10)56(53)55-42-30-37(61(4,5)6)26-29-49(42)66-51-34-52-48(33-47(51)64(67)57(54)58(55)66)65-59(68-52)35-18-12-11-13-19-35/h11-34H,1-10H3. The first-order chi connectivity index (χ1) is 32.5. The van der Waals surface area contributed by atoms with Crippen molar-refractivity contribution in [2.24, 2.45) is 0 Å². The molecule has 0 spiro atoms. The van der Waals surface area contributed by atoms with Gasteiger partial charge in [-0.3, -0.25) is 0 Å². The highest BCUT2D eigenvalue weighted by Gasteiger charge is 2.51. The molecule has 0 fully saturated rings. The summed E-state index contributed by atoms with van der Waals surface area (Å²) < 4.78 is 3.89. The molecule has 0 radical (unpaired) electrons. The third-order valence-corrected chi connectivity index (χ3v) is 17.5. The van der Waals surface area contributed by atoms with Crippen LogP contribution in [-0.2, 0) is 21.7 Å². The molecule has 0 unspecified atom stereocenters. The summed E-state index contributed by atoms with van der Waals surface area (Å²) in [7, 11) is 0. The minimum absolute atomic E-state index is 0.0193. The van der Waals surface area contributed by atoms with Gasteiger partial charge in [0.25, 0.3) is 0 Å². The van der Waals surface area contributed by atoms with Crippen molar-refractivity contribution in [3.63, 3.8) is 0 Å². The predicted octanol–water partition coefficient (Wildman–Crippen LogP) is 15.5. The Balaban J connectivity index is 1.21. The Bertz CT molecular complexity index is 3870. The largest absolute Gasteiger partial charge is 0.376 e. The highest BCUT2D eigenvalue weighted by Crippen LogP contribution is 2.61. The smallest absolute Gasteiger partial charge is 0.333 e. The van der Waals surface area contributed by atoms with E-state index in [0.29, 0.717) is 0 Å². The molecule has 0 N–H and O–H groups in total. The second kappa shape index (κ2) is 13.1. The second-order valence-electron chi connectivity index (χ2n) is 23.2. The van der Waals surface area contributed by atoms with Gasteiger partial charge in [-0.15, -0.1) is 11.3 Å². The molecule has 0 amide bonds. The van der Waals surface area contributed by atoms with Gasteiger partial charge in [0, 0.05) is 49.8 Å². The molecule has 0 saturated heterocycles. The van der Waals surface area contributed by atoms with Gasteiger partial charge in [0.05, 0.1) is 21.3 Å². The van der Waals surface area contributed by atoms with Crippen molar-refractivity contribution in [2.75, 3.05) is 4.81 Å². The Hall–Kier alpha value is -6.69. The molecule has 0 atom stereocenters. The van der Waals surface area contributed by atoms with Crippen molar-refractivity contribution in [3.8, 4) is 49.6 Å². The van der Waals surface area contributed by atoms with E-state index in [4.69, 9.17) is 4.98 Å². The molecule has 14 rings (SSSR count). The van der Waals surface area contributed by atoms with Gasteiger partial charge >= 0.3 is 6.85 Å². The summed E-state index contributed by atoms with van der Waals surface area (Å²) in [6.07, 6.45) is 0. The molecular weight excluding hydrogens is 842 g/mol. The first-order valence-corrected chi connectivity index (χ1v) is 25.3. The van der Waals surface area contributed by atoms with E-state index in [2.05, 4.69) is 224 Å². The Morgan fingerprint density at radius 3 is 1.94 bits per heavy atom. The summed E-state index contributed by atoms with van der Waals surface area (Å²) >= 11 is 1.80. The predicted molar refractivity (Wildman–Crippen MR) is 291 cm³/mol. The quantitative estimate of drug-likeness (QED) is 0.161. The van der Waals surface area contributed by atoms with Crippen molar-refractivity contribution in [3.05, 3.63) is 179 Å². The first kappa shape index (κ1) is 40.4. The molecule has 2 aromatic heterocycles. The zero-order chi connectivity index (χ0) is 46.6. The van der Waals surface area contributed by atoms with Crippen LogP contribution in [0.1, 0.15) is 103 Å². The number of aromatic nitrogens is 2. The molecule has 8 aromatic carbocycles. The number of thiazole rings is 1. The summed E-state index contributed by atoms with van der Waals surface area (Å²) in [4.78, 5) is 8.20. The van der Waals surface area contributed by atoms with E-state index < -0.39 is 0 Å².